The zero-order valence-corrected chi connectivity index (χ0v) is 12.3. The number of aryl methyl sites for hydroxylation is 1. The van der Waals surface area contributed by atoms with E-state index in [1.54, 1.807) is 4.57 Å². The molecule has 0 aliphatic heterocycles. The summed E-state index contributed by atoms with van der Waals surface area (Å²) in [5, 5.41) is 17.0. The number of carbonyl (C=O) groups is 1. The highest BCUT2D eigenvalue weighted by molar-refractivity contribution is 5.93. The first kappa shape index (κ1) is 15.5. The van der Waals surface area contributed by atoms with Crippen molar-refractivity contribution in [1.82, 2.24) is 15.2 Å². The zero-order valence-electron chi connectivity index (χ0n) is 12.3. The van der Waals surface area contributed by atoms with Gasteiger partial charge in [0.05, 0.1) is 11.1 Å². The predicted octanol–water partition coefficient (Wildman–Crippen LogP) is 1.68. The molecule has 116 valence electrons. The van der Waals surface area contributed by atoms with Gasteiger partial charge in [0.15, 0.2) is 0 Å². The molecule has 1 aliphatic carbocycles. The first-order valence-corrected chi connectivity index (χ1v) is 7.48. The van der Waals surface area contributed by atoms with E-state index in [0.717, 1.165) is 19.4 Å². The van der Waals surface area contributed by atoms with Gasteiger partial charge >= 0.3 is 0 Å². The molecule has 21 heavy (non-hydrogen) atoms. The fraction of sp³-hybridized carbons (Fsp3) is 0.643. The molecule has 0 aromatic carbocycles. The second-order valence-electron chi connectivity index (χ2n) is 5.37. The fourth-order valence-electron chi connectivity index (χ4n) is 2.19. The number of nitrogens with one attached hydrogen (secondary N) is 2. The molecule has 1 amide bonds. The highest BCUT2D eigenvalue weighted by atomic mass is 16.6. The summed E-state index contributed by atoms with van der Waals surface area (Å²) >= 11 is 0. The van der Waals surface area contributed by atoms with Crippen LogP contribution in [0.4, 0.5) is 5.69 Å². The van der Waals surface area contributed by atoms with Gasteiger partial charge in [-0.25, -0.2) is 0 Å². The van der Waals surface area contributed by atoms with Crippen LogP contribution in [0.5, 0.6) is 0 Å². The summed E-state index contributed by atoms with van der Waals surface area (Å²) in [5.74, 6) is -0.247. The van der Waals surface area contributed by atoms with E-state index in [0.29, 0.717) is 24.8 Å². The van der Waals surface area contributed by atoms with Gasteiger partial charge in [0, 0.05) is 25.2 Å². The summed E-state index contributed by atoms with van der Waals surface area (Å²) in [5.41, 5.74) is 0.322. The summed E-state index contributed by atoms with van der Waals surface area (Å²) in [4.78, 5) is 22.5. The fourth-order valence-corrected chi connectivity index (χ4v) is 2.19. The van der Waals surface area contributed by atoms with Gasteiger partial charge in [-0.1, -0.05) is 6.92 Å². The maximum Gasteiger partial charge on any atom is 0.287 e. The summed E-state index contributed by atoms with van der Waals surface area (Å²) in [6.07, 6.45) is 5.60. The van der Waals surface area contributed by atoms with E-state index in [1.807, 2.05) is 6.92 Å². The number of rotatable bonds is 9. The van der Waals surface area contributed by atoms with Crippen molar-refractivity contribution in [3.63, 3.8) is 0 Å². The van der Waals surface area contributed by atoms with Crippen LogP contribution >= 0.6 is 0 Å². The van der Waals surface area contributed by atoms with Gasteiger partial charge in [-0.2, -0.15) is 0 Å². The quantitative estimate of drug-likeness (QED) is 0.412. The van der Waals surface area contributed by atoms with Gasteiger partial charge in [0.1, 0.15) is 5.69 Å². The SMILES string of the molecule is CCCn1cc([N+](=O)[O-])cc1C(=O)NCCCNC1CC1. The van der Waals surface area contributed by atoms with Crippen molar-refractivity contribution in [2.45, 2.75) is 45.2 Å². The van der Waals surface area contributed by atoms with Gasteiger partial charge < -0.3 is 15.2 Å². The second-order valence-corrected chi connectivity index (χ2v) is 5.37. The van der Waals surface area contributed by atoms with E-state index in [4.69, 9.17) is 0 Å². The Kier molecular flexibility index (Phi) is 5.32. The molecule has 7 nitrogen and oxygen atoms in total. The molecule has 7 heteroatoms. The molecular formula is C14H22N4O3. The van der Waals surface area contributed by atoms with Gasteiger partial charge in [-0.05, 0) is 32.2 Å². The first-order valence-electron chi connectivity index (χ1n) is 7.48. The van der Waals surface area contributed by atoms with Gasteiger partial charge in [0.25, 0.3) is 11.6 Å². The number of aromatic nitrogens is 1. The number of nitrogens with zero attached hydrogens (tertiary/aromatic N) is 2. The molecule has 0 radical (unpaired) electrons. The Morgan fingerprint density at radius 2 is 2.24 bits per heavy atom. The maximum absolute atomic E-state index is 12.1. The Morgan fingerprint density at radius 1 is 1.48 bits per heavy atom. The first-order chi connectivity index (χ1) is 10.1. The molecular weight excluding hydrogens is 272 g/mol. The molecule has 0 spiro atoms. The normalized spacial score (nSPS) is 14.1. The van der Waals surface area contributed by atoms with Gasteiger partial charge in [-0.15, -0.1) is 0 Å². The van der Waals surface area contributed by atoms with E-state index >= 15 is 0 Å². The van der Waals surface area contributed by atoms with Crippen LogP contribution in [0.3, 0.4) is 0 Å². The summed E-state index contributed by atoms with van der Waals surface area (Å²) in [6, 6.07) is 2.01. The van der Waals surface area contributed by atoms with E-state index in [2.05, 4.69) is 10.6 Å². The van der Waals surface area contributed by atoms with Crippen molar-refractivity contribution < 1.29 is 9.72 Å². The third-order valence-electron chi connectivity index (χ3n) is 3.44. The monoisotopic (exact) mass is 294 g/mol. The third kappa shape index (κ3) is 4.56. The summed E-state index contributed by atoms with van der Waals surface area (Å²) < 4.78 is 1.65. The van der Waals surface area contributed by atoms with E-state index in [9.17, 15) is 14.9 Å². The maximum atomic E-state index is 12.1. The van der Waals surface area contributed by atoms with Crippen molar-refractivity contribution in [2.24, 2.45) is 0 Å². The molecule has 2 N–H and O–H groups in total. The smallest absolute Gasteiger partial charge is 0.287 e. The Bertz CT molecular complexity index is 508. The number of hydrogen-bond acceptors (Lipinski definition) is 4. The number of carbonyl (C=O) groups excluding carboxylic acids is 1. The number of hydrogen-bond donors (Lipinski definition) is 2. The van der Waals surface area contributed by atoms with Crippen LogP contribution in [-0.2, 0) is 6.54 Å². The summed E-state index contributed by atoms with van der Waals surface area (Å²) in [7, 11) is 0. The lowest BCUT2D eigenvalue weighted by atomic mass is 10.3. The molecule has 0 bridgehead atoms. The molecule has 1 fully saturated rings. The molecule has 1 aromatic heterocycles. The minimum atomic E-state index is -0.470. The largest absolute Gasteiger partial charge is 0.351 e. The number of amides is 1. The van der Waals surface area contributed by atoms with Crippen LogP contribution in [0.1, 0.15) is 43.1 Å². The Hall–Kier alpha value is -1.89. The van der Waals surface area contributed by atoms with Crippen molar-refractivity contribution >= 4 is 11.6 Å². The van der Waals surface area contributed by atoms with Crippen LogP contribution in [0.25, 0.3) is 0 Å². The van der Waals surface area contributed by atoms with Crippen LogP contribution in [-0.4, -0.2) is 34.5 Å². The van der Waals surface area contributed by atoms with Gasteiger partial charge in [-0.3, -0.25) is 14.9 Å². The molecule has 2 rings (SSSR count). The Balaban J connectivity index is 1.85. The van der Waals surface area contributed by atoms with Crippen molar-refractivity contribution in [2.75, 3.05) is 13.1 Å². The lowest BCUT2D eigenvalue weighted by molar-refractivity contribution is -0.384. The van der Waals surface area contributed by atoms with E-state index in [1.165, 1.54) is 25.1 Å². The molecule has 0 atom stereocenters. The van der Waals surface area contributed by atoms with Crippen LogP contribution in [0.15, 0.2) is 12.3 Å². The second kappa shape index (κ2) is 7.21. The highest BCUT2D eigenvalue weighted by Gasteiger charge is 2.20. The predicted molar refractivity (Wildman–Crippen MR) is 79.4 cm³/mol. The molecule has 0 unspecified atom stereocenters. The zero-order chi connectivity index (χ0) is 15.2. The minimum Gasteiger partial charge on any atom is -0.351 e. The lowest BCUT2D eigenvalue weighted by Gasteiger charge is -2.08. The summed E-state index contributed by atoms with van der Waals surface area (Å²) in [6.45, 7) is 4.03. The van der Waals surface area contributed by atoms with Crippen LogP contribution in [0, 0.1) is 10.1 Å². The van der Waals surface area contributed by atoms with Crippen molar-refractivity contribution in [1.29, 1.82) is 0 Å². The van der Waals surface area contributed by atoms with Crippen LogP contribution in [0.2, 0.25) is 0 Å². The van der Waals surface area contributed by atoms with Crippen LogP contribution < -0.4 is 10.6 Å². The van der Waals surface area contributed by atoms with E-state index in [-0.39, 0.29) is 11.6 Å². The van der Waals surface area contributed by atoms with E-state index < -0.39 is 4.92 Å². The molecule has 1 aliphatic rings. The average Bonchev–Trinajstić information content (AvgIpc) is 3.17. The molecule has 0 saturated heterocycles. The number of nitro groups is 1. The molecule has 1 aromatic rings. The highest BCUT2D eigenvalue weighted by Crippen LogP contribution is 2.18. The Labute approximate surface area is 123 Å². The van der Waals surface area contributed by atoms with Crippen molar-refractivity contribution in [3.8, 4) is 0 Å². The average molecular weight is 294 g/mol. The van der Waals surface area contributed by atoms with Crippen molar-refractivity contribution in [3.05, 3.63) is 28.1 Å². The third-order valence-corrected chi connectivity index (χ3v) is 3.44. The molecule has 1 heterocycles. The van der Waals surface area contributed by atoms with Gasteiger partial charge in [0.2, 0.25) is 0 Å². The minimum absolute atomic E-state index is 0.0380. The standard InChI is InChI=1S/C14H22N4O3/c1-2-8-17-10-12(18(20)21)9-13(17)14(19)16-7-3-6-15-11-4-5-11/h9-11,15H,2-8H2,1H3,(H,16,19). The molecule has 1 saturated carbocycles. The Morgan fingerprint density at radius 3 is 2.86 bits per heavy atom. The topological polar surface area (TPSA) is 89.2 Å². The lowest BCUT2D eigenvalue weighted by Crippen LogP contribution is -2.29.